The molecule has 1 atom stereocenters. The van der Waals surface area contributed by atoms with Crippen LogP contribution < -0.4 is 0 Å². The van der Waals surface area contributed by atoms with E-state index in [-0.39, 0.29) is 0 Å². The van der Waals surface area contributed by atoms with Crippen LogP contribution in [-0.4, -0.2) is 10.7 Å². The molecular formula is C11H13BrOS. The minimum absolute atomic E-state index is 0.606. The lowest BCUT2D eigenvalue weighted by Crippen LogP contribution is -2.30. The monoisotopic (exact) mass is 272 g/mol. The molecule has 1 aromatic rings. The third kappa shape index (κ3) is 2.27. The van der Waals surface area contributed by atoms with Gasteiger partial charge in [-0.05, 0) is 46.6 Å². The number of rotatable bonds is 2. The maximum atomic E-state index is 10.3. The maximum absolute atomic E-state index is 10.3. The fraction of sp³-hybridized carbons (Fsp3) is 0.455. The lowest BCUT2D eigenvalue weighted by molar-refractivity contribution is 0.0758. The third-order valence-electron chi connectivity index (χ3n) is 2.57. The molecule has 1 aliphatic rings. The summed E-state index contributed by atoms with van der Waals surface area (Å²) in [4.78, 5) is 1.24. The van der Waals surface area contributed by atoms with E-state index in [1.54, 1.807) is 11.3 Å². The minimum Gasteiger partial charge on any atom is -0.385 e. The number of halogens is 1. The quantitative estimate of drug-likeness (QED) is 0.817. The summed E-state index contributed by atoms with van der Waals surface area (Å²) in [5, 5.41) is 12.3. The van der Waals surface area contributed by atoms with Crippen molar-refractivity contribution in [1.82, 2.24) is 0 Å². The highest BCUT2D eigenvalue weighted by Gasteiger charge is 2.26. The van der Waals surface area contributed by atoms with Crippen molar-refractivity contribution in [3.8, 4) is 0 Å². The van der Waals surface area contributed by atoms with Crippen LogP contribution in [0.3, 0.4) is 0 Å². The Labute approximate surface area is 96.6 Å². The molecule has 0 fully saturated rings. The molecule has 1 aliphatic carbocycles. The van der Waals surface area contributed by atoms with Crippen molar-refractivity contribution in [2.75, 3.05) is 0 Å². The predicted molar refractivity (Wildman–Crippen MR) is 63.7 cm³/mol. The molecule has 1 N–H and O–H groups in total. The summed E-state index contributed by atoms with van der Waals surface area (Å²) in [7, 11) is 0. The summed E-state index contributed by atoms with van der Waals surface area (Å²) in [5.74, 6) is 0. The first-order valence-corrected chi connectivity index (χ1v) is 6.49. The van der Waals surface area contributed by atoms with E-state index in [2.05, 4.69) is 27.4 Å². The Hall–Kier alpha value is -0.120. The van der Waals surface area contributed by atoms with Crippen molar-refractivity contribution in [3.63, 3.8) is 0 Å². The average molecular weight is 273 g/mol. The topological polar surface area (TPSA) is 20.2 Å². The van der Waals surface area contributed by atoms with Gasteiger partial charge >= 0.3 is 0 Å². The number of allylic oxidation sites excluding steroid dienone is 1. The van der Waals surface area contributed by atoms with Gasteiger partial charge in [-0.3, -0.25) is 0 Å². The molecule has 76 valence electrons. The van der Waals surface area contributed by atoms with E-state index in [1.165, 1.54) is 4.88 Å². The highest BCUT2D eigenvalue weighted by Crippen LogP contribution is 2.31. The van der Waals surface area contributed by atoms with Gasteiger partial charge in [0.1, 0.15) is 0 Å². The van der Waals surface area contributed by atoms with Crippen molar-refractivity contribution in [2.45, 2.75) is 31.3 Å². The van der Waals surface area contributed by atoms with Crippen molar-refractivity contribution in [1.29, 1.82) is 0 Å². The van der Waals surface area contributed by atoms with Crippen LogP contribution in [0.5, 0.6) is 0 Å². The molecule has 0 spiro atoms. The van der Waals surface area contributed by atoms with E-state index in [0.717, 1.165) is 30.2 Å². The van der Waals surface area contributed by atoms with E-state index in [1.807, 2.05) is 12.1 Å². The Morgan fingerprint density at radius 1 is 1.57 bits per heavy atom. The summed E-state index contributed by atoms with van der Waals surface area (Å²) in [6.45, 7) is 0. The Morgan fingerprint density at radius 2 is 2.43 bits per heavy atom. The second-order valence-corrected chi connectivity index (χ2v) is 5.62. The predicted octanol–water partition coefficient (Wildman–Crippen LogP) is 3.52. The molecule has 14 heavy (non-hydrogen) atoms. The van der Waals surface area contributed by atoms with Crippen LogP contribution in [-0.2, 0) is 6.42 Å². The van der Waals surface area contributed by atoms with Gasteiger partial charge in [0.2, 0.25) is 0 Å². The summed E-state index contributed by atoms with van der Waals surface area (Å²) in [5.41, 5.74) is -0.606. The Balaban J connectivity index is 2.13. The van der Waals surface area contributed by atoms with Crippen molar-refractivity contribution in [2.24, 2.45) is 0 Å². The van der Waals surface area contributed by atoms with E-state index < -0.39 is 5.60 Å². The zero-order valence-corrected chi connectivity index (χ0v) is 10.3. The molecule has 1 heterocycles. The van der Waals surface area contributed by atoms with Gasteiger partial charge in [0, 0.05) is 15.8 Å². The SMILES string of the molecule is OC1(Cc2sccc2Br)C=CCCC1. The molecule has 1 unspecified atom stereocenters. The van der Waals surface area contributed by atoms with Gasteiger partial charge in [-0.1, -0.05) is 12.2 Å². The van der Waals surface area contributed by atoms with Gasteiger partial charge < -0.3 is 5.11 Å². The van der Waals surface area contributed by atoms with Crippen LogP contribution in [0.2, 0.25) is 0 Å². The molecule has 1 nitrogen and oxygen atoms in total. The third-order valence-corrected chi connectivity index (χ3v) is 4.49. The van der Waals surface area contributed by atoms with Crippen LogP contribution in [0.15, 0.2) is 28.1 Å². The Kier molecular flexibility index (Phi) is 3.10. The van der Waals surface area contributed by atoms with Gasteiger partial charge in [0.05, 0.1) is 5.60 Å². The van der Waals surface area contributed by atoms with Gasteiger partial charge in [-0.2, -0.15) is 0 Å². The first-order valence-electron chi connectivity index (χ1n) is 4.82. The molecule has 3 heteroatoms. The molecule has 0 aliphatic heterocycles. The van der Waals surface area contributed by atoms with Crippen LogP contribution in [0.4, 0.5) is 0 Å². The Bertz CT molecular complexity index is 345. The van der Waals surface area contributed by atoms with Gasteiger partial charge in [-0.15, -0.1) is 11.3 Å². The van der Waals surface area contributed by atoms with E-state index in [0.29, 0.717) is 0 Å². The lowest BCUT2D eigenvalue weighted by Gasteiger charge is -2.27. The summed E-state index contributed by atoms with van der Waals surface area (Å²) in [6, 6.07) is 2.04. The molecule has 0 saturated heterocycles. The second kappa shape index (κ2) is 4.17. The first-order chi connectivity index (χ1) is 6.70. The molecular weight excluding hydrogens is 260 g/mol. The molecule has 0 amide bonds. The minimum atomic E-state index is -0.606. The van der Waals surface area contributed by atoms with Crippen LogP contribution >= 0.6 is 27.3 Å². The smallest absolute Gasteiger partial charge is 0.0876 e. The van der Waals surface area contributed by atoms with Crippen molar-refractivity contribution < 1.29 is 5.11 Å². The summed E-state index contributed by atoms with van der Waals surface area (Å²) >= 11 is 5.19. The number of hydrogen-bond donors (Lipinski definition) is 1. The van der Waals surface area contributed by atoms with Crippen LogP contribution in [0, 0.1) is 0 Å². The maximum Gasteiger partial charge on any atom is 0.0876 e. The van der Waals surface area contributed by atoms with E-state index in [9.17, 15) is 5.11 Å². The molecule has 0 aromatic carbocycles. The van der Waals surface area contributed by atoms with Crippen molar-refractivity contribution in [3.05, 3.63) is 32.9 Å². The Morgan fingerprint density at radius 3 is 3.00 bits per heavy atom. The molecule has 0 saturated carbocycles. The fourth-order valence-corrected chi connectivity index (χ4v) is 3.40. The lowest BCUT2D eigenvalue weighted by atomic mass is 9.88. The van der Waals surface area contributed by atoms with E-state index >= 15 is 0 Å². The van der Waals surface area contributed by atoms with E-state index in [4.69, 9.17) is 0 Å². The summed E-state index contributed by atoms with van der Waals surface area (Å²) < 4.78 is 1.12. The van der Waals surface area contributed by atoms with Gasteiger partial charge in [-0.25, -0.2) is 0 Å². The zero-order chi connectivity index (χ0) is 10.0. The number of aliphatic hydroxyl groups is 1. The molecule has 0 bridgehead atoms. The van der Waals surface area contributed by atoms with Crippen LogP contribution in [0.25, 0.3) is 0 Å². The largest absolute Gasteiger partial charge is 0.385 e. The van der Waals surface area contributed by atoms with Gasteiger partial charge in [0.25, 0.3) is 0 Å². The molecule has 2 rings (SSSR count). The zero-order valence-electron chi connectivity index (χ0n) is 7.87. The highest BCUT2D eigenvalue weighted by molar-refractivity contribution is 9.10. The normalized spacial score (nSPS) is 26.7. The van der Waals surface area contributed by atoms with Crippen molar-refractivity contribution >= 4 is 27.3 Å². The molecule has 0 radical (unpaired) electrons. The second-order valence-electron chi connectivity index (χ2n) is 3.77. The number of hydrogen-bond acceptors (Lipinski definition) is 2. The average Bonchev–Trinajstić information content (AvgIpc) is 2.52. The van der Waals surface area contributed by atoms with Gasteiger partial charge in [0.15, 0.2) is 0 Å². The fourth-order valence-electron chi connectivity index (χ4n) is 1.79. The van der Waals surface area contributed by atoms with Crippen LogP contribution in [0.1, 0.15) is 24.1 Å². The highest BCUT2D eigenvalue weighted by atomic mass is 79.9. The summed E-state index contributed by atoms with van der Waals surface area (Å²) in [6.07, 6.45) is 7.87. The molecule has 1 aromatic heterocycles. The standard InChI is InChI=1S/C11H13BrOS/c12-9-4-7-14-10(9)8-11(13)5-2-1-3-6-11/h2,4-5,7,13H,1,3,6,8H2. The number of thiophene rings is 1. The first kappa shape index (κ1) is 10.4.